The summed E-state index contributed by atoms with van der Waals surface area (Å²) in [5.74, 6) is -3.93. The third kappa shape index (κ3) is 7.83. The summed E-state index contributed by atoms with van der Waals surface area (Å²) in [6.45, 7) is 12.8. The number of hydrogen-bond donors (Lipinski definition) is 2. The van der Waals surface area contributed by atoms with E-state index in [9.17, 15) is 28.7 Å². The molecule has 2 fully saturated rings. The molecule has 45 heavy (non-hydrogen) atoms. The number of likely N-dealkylation sites (tertiary alicyclic amines) is 1. The lowest BCUT2D eigenvalue weighted by atomic mass is 10.00. The quantitative estimate of drug-likeness (QED) is 0.344. The number of carbonyl (C=O) groups excluding carboxylic acids is 2. The zero-order valence-corrected chi connectivity index (χ0v) is 27.0. The molecule has 12 heteroatoms. The maximum atomic E-state index is 15.5. The number of pyridine rings is 1. The van der Waals surface area contributed by atoms with Gasteiger partial charge in [-0.15, -0.1) is 0 Å². The third-order valence-corrected chi connectivity index (χ3v) is 7.74. The van der Waals surface area contributed by atoms with Crippen LogP contribution in [0.3, 0.4) is 0 Å². The molecule has 0 spiro atoms. The highest BCUT2D eigenvalue weighted by atomic mass is 19.2. The van der Waals surface area contributed by atoms with Crippen molar-refractivity contribution >= 4 is 35.1 Å². The molecule has 1 saturated carbocycles. The largest absolute Gasteiger partial charge is 0.477 e. The van der Waals surface area contributed by atoms with Crippen LogP contribution in [0.25, 0.3) is 17.0 Å². The van der Waals surface area contributed by atoms with Gasteiger partial charge in [-0.2, -0.15) is 0 Å². The molecule has 1 aliphatic carbocycles. The highest BCUT2D eigenvalue weighted by Crippen LogP contribution is 2.41. The first-order valence-electron chi connectivity index (χ1n) is 15.4. The molecular weight excluding hydrogens is 588 g/mol. The van der Waals surface area contributed by atoms with Crippen LogP contribution >= 0.6 is 0 Å². The fourth-order valence-corrected chi connectivity index (χ4v) is 5.86. The molecular formula is C33H43F2N3O7. The smallest absolute Gasteiger partial charge is 0.410 e. The van der Waals surface area contributed by atoms with Gasteiger partial charge in [0.25, 0.3) is 0 Å². The highest BCUT2D eigenvalue weighted by Gasteiger charge is 2.37. The zero-order valence-electron chi connectivity index (χ0n) is 27.0. The first-order chi connectivity index (χ1) is 20.9. The molecule has 2 aromatic rings. The predicted molar refractivity (Wildman–Crippen MR) is 165 cm³/mol. The Morgan fingerprint density at radius 1 is 1.09 bits per heavy atom. The molecule has 1 aromatic heterocycles. The standard InChI is InChI=1S/C33H43F2N3O7/c1-8-24-25(29(40)41)28(39)22-15-23(34)26(35)21(27(22)38(24)19-12-13-19)11-9-10-20-14-18(16-36-30(42)44-32(2,3)4)17-37(20)31(43)45-33(5,6)7/h9,11,15,18-20H,8,10,12-14,16-17H2,1-7H3,(H,36,42)(H,40,41)/t18-,20+/m1/s1. The number of nitrogens with zero attached hydrogens (tertiary/aromatic N) is 2. The van der Waals surface area contributed by atoms with Gasteiger partial charge in [0, 0.05) is 36.4 Å². The Bertz CT molecular complexity index is 1580. The van der Waals surface area contributed by atoms with Crippen molar-refractivity contribution in [3.8, 4) is 0 Å². The molecule has 1 aliphatic heterocycles. The average molecular weight is 632 g/mol. The van der Waals surface area contributed by atoms with Crippen LogP contribution in [0.5, 0.6) is 0 Å². The molecule has 1 aromatic carbocycles. The van der Waals surface area contributed by atoms with E-state index in [2.05, 4.69) is 5.32 Å². The minimum Gasteiger partial charge on any atom is -0.477 e. The van der Waals surface area contributed by atoms with Gasteiger partial charge in [0.15, 0.2) is 11.6 Å². The van der Waals surface area contributed by atoms with Crippen LogP contribution in [0.15, 0.2) is 16.9 Å². The lowest BCUT2D eigenvalue weighted by Gasteiger charge is -2.28. The monoisotopic (exact) mass is 631 g/mol. The van der Waals surface area contributed by atoms with Crippen molar-refractivity contribution < 1.29 is 37.7 Å². The van der Waals surface area contributed by atoms with E-state index in [4.69, 9.17) is 9.47 Å². The number of halogens is 2. The van der Waals surface area contributed by atoms with E-state index in [0.29, 0.717) is 13.0 Å². The van der Waals surface area contributed by atoms with Gasteiger partial charge in [-0.1, -0.05) is 19.1 Å². The summed E-state index contributed by atoms with van der Waals surface area (Å²) in [7, 11) is 0. The van der Waals surface area contributed by atoms with Crippen molar-refractivity contribution in [2.75, 3.05) is 13.1 Å². The van der Waals surface area contributed by atoms with Crippen molar-refractivity contribution in [1.29, 1.82) is 0 Å². The van der Waals surface area contributed by atoms with Crippen LogP contribution < -0.4 is 10.7 Å². The first-order valence-corrected chi connectivity index (χ1v) is 15.4. The number of alkyl carbamates (subject to hydrolysis) is 1. The molecule has 4 rings (SSSR count). The number of fused-ring (bicyclic) bond motifs is 1. The molecule has 2 heterocycles. The molecule has 2 amide bonds. The molecule has 10 nitrogen and oxygen atoms in total. The number of rotatable bonds is 8. The molecule has 0 unspecified atom stereocenters. The summed E-state index contributed by atoms with van der Waals surface area (Å²) in [6, 6.07) is 0.271. The summed E-state index contributed by atoms with van der Waals surface area (Å²) < 4.78 is 43.0. The van der Waals surface area contributed by atoms with Gasteiger partial charge in [0.1, 0.15) is 16.8 Å². The fourth-order valence-electron chi connectivity index (χ4n) is 5.86. The molecule has 2 atom stereocenters. The fraction of sp³-hybridized carbons (Fsp3) is 0.576. The van der Waals surface area contributed by atoms with E-state index in [1.165, 1.54) is 6.08 Å². The van der Waals surface area contributed by atoms with Crippen LogP contribution in [0.2, 0.25) is 0 Å². The van der Waals surface area contributed by atoms with Crippen LogP contribution in [-0.4, -0.2) is 63.1 Å². The van der Waals surface area contributed by atoms with Gasteiger partial charge < -0.3 is 29.4 Å². The molecule has 2 N–H and O–H groups in total. The Morgan fingerprint density at radius 2 is 1.73 bits per heavy atom. The van der Waals surface area contributed by atoms with Gasteiger partial charge in [-0.05, 0) is 85.6 Å². The molecule has 0 radical (unpaired) electrons. The van der Waals surface area contributed by atoms with Crippen LogP contribution in [0.4, 0.5) is 18.4 Å². The summed E-state index contributed by atoms with van der Waals surface area (Å²) in [4.78, 5) is 52.3. The van der Waals surface area contributed by atoms with Crippen LogP contribution in [-0.2, 0) is 15.9 Å². The predicted octanol–water partition coefficient (Wildman–Crippen LogP) is 6.43. The van der Waals surface area contributed by atoms with Crippen LogP contribution in [0, 0.1) is 17.6 Å². The Kier molecular flexibility index (Phi) is 9.65. The maximum Gasteiger partial charge on any atom is 0.410 e. The Morgan fingerprint density at radius 3 is 2.29 bits per heavy atom. The van der Waals surface area contributed by atoms with Gasteiger partial charge >= 0.3 is 18.2 Å². The lowest BCUT2D eigenvalue weighted by Crippen LogP contribution is -2.40. The number of carboxylic acids is 1. The zero-order chi connectivity index (χ0) is 33.4. The number of aromatic carboxylic acids is 1. The summed E-state index contributed by atoms with van der Waals surface area (Å²) in [5.41, 5.74) is -2.40. The van der Waals surface area contributed by atoms with Gasteiger partial charge in [0.2, 0.25) is 5.43 Å². The van der Waals surface area contributed by atoms with Crippen molar-refractivity contribution in [2.24, 2.45) is 5.92 Å². The minimum atomic E-state index is -1.41. The molecule has 1 saturated heterocycles. The Hall–Kier alpha value is -3.96. The Balaban J connectivity index is 1.68. The second-order valence-corrected chi connectivity index (χ2v) is 13.8. The van der Waals surface area contributed by atoms with Crippen molar-refractivity contribution in [3.63, 3.8) is 0 Å². The lowest BCUT2D eigenvalue weighted by molar-refractivity contribution is 0.0223. The van der Waals surface area contributed by atoms with E-state index >= 15 is 4.39 Å². The summed E-state index contributed by atoms with van der Waals surface area (Å²) in [5, 5.41) is 12.4. The number of carbonyl (C=O) groups is 3. The van der Waals surface area contributed by atoms with Crippen molar-refractivity contribution in [1.82, 2.24) is 14.8 Å². The highest BCUT2D eigenvalue weighted by molar-refractivity contribution is 5.97. The summed E-state index contributed by atoms with van der Waals surface area (Å²) >= 11 is 0. The van der Waals surface area contributed by atoms with Gasteiger partial charge in [-0.25, -0.2) is 23.2 Å². The minimum absolute atomic E-state index is 0.114. The number of nitrogens with one attached hydrogen (secondary N) is 1. The second-order valence-electron chi connectivity index (χ2n) is 13.8. The third-order valence-electron chi connectivity index (χ3n) is 7.74. The van der Waals surface area contributed by atoms with E-state index in [1.807, 2.05) is 0 Å². The van der Waals surface area contributed by atoms with E-state index in [1.54, 1.807) is 64.0 Å². The molecule has 246 valence electrons. The number of hydrogen-bond acceptors (Lipinski definition) is 6. The van der Waals surface area contributed by atoms with E-state index in [0.717, 1.165) is 18.9 Å². The normalized spacial score (nSPS) is 18.9. The number of aromatic nitrogens is 1. The molecule has 2 aliphatic rings. The van der Waals surface area contributed by atoms with Crippen LogP contribution in [0.1, 0.15) is 102 Å². The number of benzene rings is 1. The number of amides is 2. The second kappa shape index (κ2) is 12.8. The van der Waals surface area contributed by atoms with Crippen molar-refractivity contribution in [3.05, 3.63) is 50.8 Å². The topological polar surface area (TPSA) is 127 Å². The Labute approximate surface area is 261 Å². The number of ether oxygens (including phenoxy) is 2. The van der Waals surface area contributed by atoms with E-state index in [-0.39, 0.29) is 59.5 Å². The van der Waals surface area contributed by atoms with E-state index < -0.39 is 52.0 Å². The first kappa shape index (κ1) is 33.9. The van der Waals surface area contributed by atoms with Gasteiger partial charge in [-0.3, -0.25) is 4.79 Å². The average Bonchev–Trinajstić information content (AvgIpc) is 3.66. The molecule has 0 bridgehead atoms. The SMILES string of the molecule is CCc1c(C(=O)O)c(=O)c2cc(F)c(F)c(C=CC[C@H]3C[C@H](CNC(=O)OC(C)(C)C)CN3C(=O)OC(C)(C)C)c2n1C1CC1. The van der Waals surface area contributed by atoms with Crippen molar-refractivity contribution in [2.45, 2.75) is 104 Å². The maximum absolute atomic E-state index is 15.5. The summed E-state index contributed by atoms with van der Waals surface area (Å²) in [6.07, 6.45) is 4.34. The number of carboxylic acid groups (broad SMARTS) is 1. The van der Waals surface area contributed by atoms with Gasteiger partial charge in [0.05, 0.1) is 10.9 Å².